The zero-order chi connectivity index (χ0) is 29.8. The van der Waals surface area contributed by atoms with E-state index in [4.69, 9.17) is 23.9 Å². The van der Waals surface area contributed by atoms with E-state index in [0.717, 1.165) is 23.0 Å². The highest BCUT2D eigenvalue weighted by Crippen LogP contribution is 2.41. The number of hydrogen-bond donors (Lipinski definition) is 2. The van der Waals surface area contributed by atoms with Gasteiger partial charge in [0.05, 0.1) is 57.9 Å². The molecule has 0 aliphatic rings. The molecule has 0 aliphatic heterocycles. The van der Waals surface area contributed by atoms with Gasteiger partial charge in [-0.1, -0.05) is 18.2 Å². The van der Waals surface area contributed by atoms with Crippen LogP contribution in [-0.4, -0.2) is 61.7 Å². The smallest absolute Gasteiger partial charge is 0.252 e. The second-order valence-corrected chi connectivity index (χ2v) is 9.87. The Balaban J connectivity index is 1.55. The molecule has 1 unspecified atom stereocenters. The van der Waals surface area contributed by atoms with Crippen LogP contribution in [0.25, 0.3) is 33.1 Å². The van der Waals surface area contributed by atoms with Crippen molar-refractivity contribution in [3.05, 3.63) is 78.0 Å². The van der Waals surface area contributed by atoms with Gasteiger partial charge in [-0.3, -0.25) is 4.79 Å². The molecule has 5 rings (SSSR count). The maximum atomic E-state index is 13.9. The minimum absolute atomic E-state index is 0.219. The van der Waals surface area contributed by atoms with Gasteiger partial charge >= 0.3 is 0 Å². The molecule has 1 amide bonds. The summed E-state index contributed by atoms with van der Waals surface area (Å²) in [5.41, 5.74) is 4.42. The van der Waals surface area contributed by atoms with Gasteiger partial charge < -0.3 is 33.9 Å². The van der Waals surface area contributed by atoms with Gasteiger partial charge in [-0.15, -0.1) is 0 Å². The summed E-state index contributed by atoms with van der Waals surface area (Å²) in [6.07, 6.45) is 2.57. The Bertz CT molecular complexity index is 1720. The third kappa shape index (κ3) is 5.43. The Morgan fingerprint density at radius 3 is 2.31 bits per heavy atom. The van der Waals surface area contributed by atoms with Crippen LogP contribution in [-0.2, 0) is 13.0 Å². The van der Waals surface area contributed by atoms with Gasteiger partial charge in [-0.25, -0.2) is 4.98 Å². The first-order valence-corrected chi connectivity index (χ1v) is 13.7. The van der Waals surface area contributed by atoms with Crippen LogP contribution in [0.5, 0.6) is 23.0 Å². The molecule has 0 fully saturated rings. The highest BCUT2D eigenvalue weighted by molar-refractivity contribution is 6.07. The van der Waals surface area contributed by atoms with Crippen molar-refractivity contribution in [3.8, 4) is 34.3 Å². The molecular formula is C33H35N3O6. The van der Waals surface area contributed by atoms with Crippen molar-refractivity contribution in [1.82, 2.24) is 14.9 Å². The van der Waals surface area contributed by atoms with Crippen molar-refractivity contribution < 1.29 is 28.8 Å². The van der Waals surface area contributed by atoms with Crippen LogP contribution in [0.1, 0.15) is 22.8 Å². The zero-order valence-electron chi connectivity index (χ0n) is 24.4. The van der Waals surface area contributed by atoms with Crippen LogP contribution in [0.4, 0.5) is 0 Å². The fourth-order valence-electron chi connectivity index (χ4n) is 5.33. The second-order valence-electron chi connectivity index (χ2n) is 9.87. The molecule has 0 saturated carbocycles. The minimum Gasteiger partial charge on any atom is -0.497 e. The van der Waals surface area contributed by atoms with Crippen molar-refractivity contribution in [1.29, 1.82) is 0 Å². The van der Waals surface area contributed by atoms with E-state index in [1.807, 2.05) is 18.2 Å². The average Bonchev–Trinajstić information content (AvgIpc) is 3.39. The number of carbonyl (C=O) groups excluding carboxylic acids is 1. The van der Waals surface area contributed by atoms with Crippen LogP contribution in [0, 0.1) is 0 Å². The fraction of sp³-hybridized carbons (Fsp3) is 0.273. The molecule has 3 aromatic carbocycles. The van der Waals surface area contributed by atoms with E-state index >= 15 is 0 Å². The van der Waals surface area contributed by atoms with E-state index in [0.29, 0.717) is 57.1 Å². The first-order chi connectivity index (χ1) is 20.4. The largest absolute Gasteiger partial charge is 0.497 e. The van der Waals surface area contributed by atoms with Crippen LogP contribution < -0.4 is 24.3 Å². The fourth-order valence-corrected chi connectivity index (χ4v) is 5.33. The number of aromatic nitrogens is 2. The molecule has 218 valence electrons. The molecule has 9 heteroatoms. The van der Waals surface area contributed by atoms with E-state index in [-0.39, 0.29) is 12.5 Å². The number of hydrogen-bond acceptors (Lipinski definition) is 7. The van der Waals surface area contributed by atoms with Gasteiger partial charge in [-0.2, -0.15) is 0 Å². The molecule has 2 N–H and O–H groups in total. The summed E-state index contributed by atoms with van der Waals surface area (Å²) in [6.45, 7) is 2.70. The predicted molar refractivity (Wildman–Crippen MR) is 163 cm³/mol. The number of nitrogens with zero attached hydrogens (tertiary/aromatic N) is 2. The first-order valence-electron chi connectivity index (χ1n) is 13.7. The van der Waals surface area contributed by atoms with E-state index in [9.17, 15) is 9.90 Å². The molecule has 2 heterocycles. The highest BCUT2D eigenvalue weighted by Gasteiger charge is 2.21. The predicted octanol–water partition coefficient (Wildman–Crippen LogP) is 5.24. The summed E-state index contributed by atoms with van der Waals surface area (Å²) >= 11 is 0. The average molecular weight is 570 g/mol. The number of rotatable bonds is 11. The first kappa shape index (κ1) is 28.8. The van der Waals surface area contributed by atoms with Gasteiger partial charge in [0.1, 0.15) is 5.75 Å². The number of carbonyl (C=O) groups is 1. The lowest BCUT2D eigenvalue weighted by Crippen LogP contribution is -2.39. The number of aryl methyl sites for hydroxylation is 1. The van der Waals surface area contributed by atoms with Crippen molar-refractivity contribution in [2.24, 2.45) is 0 Å². The lowest BCUT2D eigenvalue weighted by molar-refractivity contribution is 0.0918. The topological polar surface area (TPSA) is 104 Å². The summed E-state index contributed by atoms with van der Waals surface area (Å²) in [7, 11) is 6.22. The van der Waals surface area contributed by atoms with Crippen molar-refractivity contribution in [2.75, 3.05) is 35.0 Å². The molecule has 1 atom stereocenters. The van der Waals surface area contributed by atoms with Crippen molar-refractivity contribution in [3.63, 3.8) is 0 Å². The third-order valence-corrected chi connectivity index (χ3v) is 7.45. The van der Waals surface area contributed by atoms with Gasteiger partial charge in [0.15, 0.2) is 11.5 Å². The normalized spacial score (nSPS) is 11.9. The number of methoxy groups -OCH3 is 4. The molecule has 2 aromatic heterocycles. The minimum atomic E-state index is -0.507. The lowest BCUT2D eigenvalue weighted by Gasteiger charge is -2.18. The molecule has 0 bridgehead atoms. The molecule has 9 nitrogen and oxygen atoms in total. The van der Waals surface area contributed by atoms with E-state index in [1.54, 1.807) is 58.8 Å². The van der Waals surface area contributed by atoms with E-state index in [2.05, 4.69) is 35.1 Å². The molecule has 0 saturated heterocycles. The third-order valence-electron chi connectivity index (χ3n) is 7.45. The molecule has 42 heavy (non-hydrogen) atoms. The number of para-hydroxylation sites is 1. The van der Waals surface area contributed by atoms with Crippen LogP contribution in [0.15, 0.2) is 66.9 Å². The SMILES string of the molecule is CCn1cc(CC(CO)NC(=O)c2cc(-c3cc(OC)c(OC)c(OC)c3)nc3ccc(OC)cc23)c2ccccc21. The van der Waals surface area contributed by atoms with Gasteiger partial charge in [0, 0.05) is 34.6 Å². The number of benzene rings is 3. The van der Waals surface area contributed by atoms with Crippen LogP contribution >= 0.6 is 0 Å². The summed E-state index contributed by atoms with van der Waals surface area (Å²) < 4.78 is 24.2. The number of aliphatic hydroxyl groups excluding tert-OH is 1. The van der Waals surface area contributed by atoms with Crippen LogP contribution in [0.2, 0.25) is 0 Å². The maximum Gasteiger partial charge on any atom is 0.252 e. The Morgan fingerprint density at radius 2 is 1.67 bits per heavy atom. The van der Waals surface area contributed by atoms with Crippen LogP contribution in [0.3, 0.4) is 0 Å². The molecule has 0 aliphatic carbocycles. The maximum absolute atomic E-state index is 13.9. The summed E-state index contributed by atoms with van der Waals surface area (Å²) in [5, 5.41) is 15.1. The Labute approximate surface area is 244 Å². The Hall–Kier alpha value is -4.76. The molecule has 5 aromatic rings. The van der Waals surface area contributed by atoms with E-state index in [1.165, 1.54) is 0 Å². The van der Waals surface area contributed by atoms with Gasteiger partial charge in [0.25, 0.3) is 5.91 Å². The number of ether oxygens (including phenoxy) is 4. The van der Waals surface area contributed by atoms with Gasteiger partial charge in [0.2, 0.25) is 5.75 Å². The van der Waals surface area contributed by atoms with E-state index < -0.39 is 6.04 Å². The van der Waals surface area contributed by atoms with Gasteiger partial charge in [-0.05, 0) is 61.4 Å². The lowest BCUT2D eigenvalue weighted by atomic mass is 10.0. The van der Waals surface area contributed by atoms with Crippen molar-refractivity contribution in [2.45, 2.75) is 25.9 Å². The zero-order valence-corrected chi connectivity index (χ0v) is 24.4. The number of amides is 1. The summed E-state index contributed by atoms with van der Waals surface area (Å²) in [5.74, 6) is 1.68. The quantitative estimate of drug-likeness (QED) is 0.224. The summed E-state index contributed by atoms with van der Waals surface area (Å²) in [4.78, 5) is 18.8. The standard InChI is InChI=1S/C33H35N3O6/c1-6-36-18-21(24-9-7-8-10-29(24)36)13-22(19-37)34-33(38)26-17-28(35-27-12-11-23(39-2)16-25(26)27)20-14-30(40-3)32(42-5)31(15-20)41-4/h7-12,14-18,22,37H,6,13,19H2,1-5H3,(H,34,38). The Morgan fingerprint density at radius 1 is 0.929 bits per heavy atom. The summed E-state index contributed by atoms with van der Waals surface area (Å²) in [6, 6.07) is 18.4. The molecule has 0 radical (unpaired) electrons. The molecule has 0 spiro atoms. The number of fused-ring (bicyclic) bond motifs is 2. The second kappa shape index (κ2) is 12.4. The highest BCUT2D eigenvalue weighted by atomic mass is 16.5. The monoisotopic (exact) mass is 569 g/mol. The number of pyridine rings is 1. The number of nitrogens with one attached hydrogen (secondary N) is 1. The number of aliphatic hydroxyl groups is 1. The van der Waals surface area contributed by atoms with Crippen molar-refractivity contribution >= 4 is 27.7 Å². The molecular weight excluding hydrogens is 534 g/mol. The Kier molecular flexibility index (Phi) is 8.49.